The Balaban J connectivity index is 1.29. The molecule has 2 heterocycles. The molecule has 6 unspecified atom stereocenters. The van der Waals surface area contributed by atoms with E-state index in [0.717, 1.165) is 44.9 Å². The highest BCUT2D eigenvalue weighted by Gasteiger charge is 2.64. The van der Waals surface area contributed by atoms with Crippen LogP contribution in [-0.4, -0.2) is 70.1 Å². The van der Waals surface area contributed by atoms with E-state index in [0.29, 0.717) is 43.6 Å². The summed E-state index contributed by atoms with van der Waals surface area (Å²) in [5.74, 6) is 2.09. The summed E-state index contributed by atoms with van der Waals surface area (Å²) in [4.78, 5) is 14.2. The van der Waals surface area contributed by atoms with E-state index in [1.165, 1.54) is 0 Å². The summed E-state index contributed by atoms with van der Waals surface area (Å²) < 4.78 is 18.8. The van der Waals surface area contributed by atoms with Crippen LogP contribution in [-0.2, 0) is 19.0 Å². The molecule has 13 atom stereocenters. The zero-order valence-corrected chi connectivity index (χ0v) is 26.7. The van der Waals surface area contributed by atoms with Crippen molar-refractivity contribution in [3.63, 3.8) is 0 Å². The molecule has 7 heteroatoms. The minimum atomic E-state index is -1.27. The summed E-state index contributed by atoms with van der Waals surface area (Å²) in [6, 6.07) is 0. The zero-order valence-electron chi connectivity index (χ0n) is 26.7. The number of aliphatic hydroxyl groups excluding tert-OH is 2. The average molecular weight is 579 g/mol. The van der Waals surface area contributed by atoms with Gasteiger partial charge in [0.25, 0.3) is 0 Å². The van der Waals surface area contributed by atoms with Gasteiger partial charge in [0, 0.05) is 18.3 Å². The number of hydrogen-bond donors (Lipinski definition) is 3. The van der Waals surface area contributed by atoms with Crippen LogP contribution in [0.2, 0.25) is 0 Å². The van der Waals surface area contributed by atoms with Gasteiger partial charge in [-0.05, 0) is 99.7 Å². The molecule has 2 aliphatic heterocycles. The van der Waals surface area contributed by atoms with Gasteiger partial charge in [0.2, 0.25) is 0 Å². The molecule has 3 N–H and O–H groups in total. The van der Waals surface area contributed by atoms with Crippen LogP contribution < -0.4 is 0 Å². The molecule has 0 bridgehead atoms. The number of fused-ring (bicyclic) bond motifs is 3. The van der Waals surface area contributed by atoms with E-state index in [9.17, 15) is 20.1 Å². The van der Waals surface area contributed by atoms with E-state index in [1.807, 2.05) is 0 Å². The number of carbonyl (C=O) groups is 1. The Morgan fingerprint density at radius 1 is 1.05 bits per heavy atom. The Morgan fingerprint density at radius 3 is 2.46 bits per heavy atom. The van der Waals surface area contributed by atoms with Gasteiger partial charge in [-0.25, -0.2) is 0 Å². The Labute approximate surface area is 248 Å². The molecule has 0 radical (unpaired) electrons. The standard InChI is InChI=1S/C34H58O7/c1-19-10-13-25(41-26-18-22(35)14-16-39-26)32(3,4)23(19)12-11-21-9-8-15-34(7)27-20(2)17-24(31(37)33(5,6)38)40-30(27)29(36)28(21)34/h19-28,30-31,35,37-38H,8-18H2,1-7H3/t19?,20-,21+,22+,23?,24-,25+,26?,27?,28?,30?,31+,34-/m1/s1. The lowest BCUT2D eigenvalue weighted by atomic mass is 9.56. The quantitative estimate of drug-likeness (QED) is 0.378. The first-order chi connectivity index (χ1) is 19.1. The second-order valence-corrected chi connectivity index (χ2v) is 16.1. The van der Waals surface area contributed by atoms with Gasteiger partial charge in [-0.1, -0.05) is 41.0 Å². The number of rotatable bonds is 7. The first-order valence-corrected chi connectivity index (χ1v) is 16.7. The van der Waals surface area contributed by atoms with Crippen molar-refractivity contribution in [2.24, 2.45) is 46.3 Å². The Bertz CT molecular complexity index is 929. The first-order valence-electron chi connectivity index (χ1n) is 16.7. The molecule has 7 nitrogen and oxygen atoms in total. The van der Waals surface area contributed by atoms with Crippen molar-refractivity contribution >= 4 is 5.78 Å². The Morgan fingerprint density at radius 2 is 1.78 bits per heavy atom. The van der Waals surface area contributed by atoms with Crippen LogP contribution in [0, 0.1) is 46.3 Å². The van der Waals surface area contributed by atoms with E-state index in [1.54, 1.807) is 13.8 Å². The molecule has 0 amide bonds. The summed E-state index contributed by atoms with van der Waals surface area (Å²) in [5.41, 5.74) is -1.37. The second kappa shape index (κ2) is 11.7. The highest BCUT2D eigenvalue weighted by atomic mass is 16.7. The third kappa shape index (κ3) is 5.94. The molecular formula is C34H58O7. The van der Waals surface area contributed by atoms with Gasteiger partial charge < -0.3 is 29.5 Å². The lowest BCUT2D eigenvalue weighted by molar-refractivity contribution is -0.240. The van der Waals surface area contributed by atoms with Gasteiger partial charge in [0.1, 0.15) is 12.2 Å². The summed E-state index contributed by atoms with van der Waals surface area (Å²) >= 11 is 0. The van der Waals surface area contributed by atoms with E-state index in [4.69, 9.17) is 14.2 Å². The van der Waals surface area contributed by atoms with E-state index < -0.39 is 23.9 Å². The molecule has 0 aromatic carbocycles. The first kappa shape index (κ1) is 31.8. The Kier molecular flexibility index (Phi) is 9.12. The second-order valence-electron chi connectivity index (χ2n) is 16.1. The van der Waals surface area contributed by atoms with Gasteiger partial charge in [0.15, 0.2) is 12.1 Å². The molecule has 0 spiro atoms. The number of Topliss-reactive ketones (excluding diaryl/α,β-unsaturated/α-hetero) is 1. The molecule has 3 saturated carbocycles. The van der Waals surface area contributed by atoms with Crippen molar-refractivity contribution < 1.29 is 34.3 Å². The van der Waals surface area contributed by atoms with E-state index >= 15 is 0 Å². The van der Waals surface area contributed by atoms with E-state index in [2.05, 4.69) is 34.6 Å². The summed E-state index contributed by atoms with van der Waals surface area (Å²) in [7, 11) is 0. The molecule has 5 rings (SSSR count). The maximum absolute atomic E-state index is 14.2. The maximum atomic E-state index is 14.2. The maximum Gasteiger partial charge on any atom is 0.165 e. The molecular weight excluding hydrogens is 520 g/mol. The lowest BCUT2D eigenvalue weighted by Gasteiger charge is -2.51. The van der Waals surface area contributed by atoms with Crippen LogP contribution in [0.1, 0.15) is 113 Å². The van der Waals surface area contributed by atoms with Crippen molar-refractivity contribution in [1.29, 1.82) is 0 Å². The predicted molar refractivity (Wildman–Crippen MR) is 157 cm³/mol. The van der Waals surface area contributed by atoms with Gasteiger partial charge in [0.05, 0.1) is 30.5 Å². The molecule has 5 aliphatic rings. The largest absolute Gasteiger partial charge is 0.393 e. The fraction of sp³-hybridized carbons (Fsp3) is 0.971. The minimum absolute atomic E-state index is 0.00193. The smallest absolute Gasteiger partial charge is 0.165 e. The number of ether oxygens (including phenoxy) is 3. The number of ketones is 1. The average Bonchev–Trinajstić information content (AvgIpc) is 3.12. The fourth-order valence-electron chi connectivity index (χ4n) is 10.3. The minimum Gasteiger partial charge on any atom is -0.393 e. The van der Waals surface area contributed by atoms with Crippen molar-refractivity contribution in [3.8, 4) is 0 Å². The topological polar surface area (TPSA) is 105 Å². The van der Waals surface area contributed by atoms with Gasteiger partial charge in [-0.3, -0.25) is 4.79 Å². The number of hydrogen-bond acceptors (Lipinski definition) is 7. The third-order valence-electron chi connectivity index (χ3n) is 12.5. The molecule has 5 fully saturated rings. The van der Waals surface area contributed by atoms with Crippen LogP contribution in [0.4, 0.5) is 0 Å². The van der Waals surface area contributed by atoms with Crippen molar-refractivity contribution in [1.82, 2.24) is 0 Å². The summed E-state index contributed by atoms with van der Waals surface area (Å²) in [6.07, 6.45) is 6.86. The normalized spacial score (nSPS) is 47.5. The molecule has 236 valence electrons. The Hall–Kier alpha value is -0.570. The lowest BCUT2D eigenvalue weighted by Crippen LogP contribution is -2.53. The molecule has 3 aliphatic carbocycles. The highest BCUT2D eigenvalue weighted by molar-refractivity contribution is 5.90. The van der Waals surface area contributed by atoms with Gasteiger partial charge in [-0.2, -0.15) is 0 Å². The summed E-state index contributed by atoms with van der Waals surface area (Å²) in [6.45, 7) is 15.4. The number of carbonyl (C=O) groups excluding carboxylic acids is 1. The molecule has 0 aromatic heterocycles. The number of aliphatic hydroxyl groups is 3. The van der Waals surface area contributed by atoms with Crippen LogP contribution in [0.3, 0.4) is 0 Å². The zero-order chi connectivity index (χ0) is 29.9. The van der Waals surface area contributed by atoms with Crippen LogP contribution in [0.5, 0.6) is 0 Å². The predicted octanol–water partition coefficient (Wildman–Crippen LogP) is 5.27. The molecule has 0 aromatic rings. The van der Waals surface area contributed by atoms with Gasteiger partial charge >= 0.3 is 0 Å². The van der Waals surface area contributed by atoms with Crippen molar-refractivity contribution in [2.75, 3.05) is 6.61 Å². The van der Waals surface area contributed by atoms with Crippen LogP contribution in [0.25, 0.3) is 0 Å². The molecule has 41 heavy (non-hydrogen) atoms. The third-order valence-corrected chi connectivity index (χ3v) is 12.5. The summed E-state index contributed by atoms with van der Waals surface area (Å²) in [5, 5.41) is 31.4. The van der Waals surface area contributed by atoms with Crippen molar-refractivity contribution in [3.05, 3.63) is 0 Å². The molecule has 2 saturated heterocycles. The van der Waals surface area contributed by atoms with Gasteiger partial charge in [-0.15, -0.1) is 0 Å². The SMILES string of the molecule is CC1CC[C@H](OC2C[C@@H](O)CCO2)C(C)(C)C1CC[C@@H]1CCC[C@@]2(C)C1C(=O)C1O[C@@H]([C@H](O)C(C)(C)O)C[C@@H](C)C12. The fourth-order valence-corrected chi connectivity index (χ4v) is 10.3. The van der Waals surface area contributed by atoms with E-state index in [-0.39, 0.29) is 52.9 Å². The van der Waals surface area contributed by atoms with Crippen LogP contribution >= 0.6 is 0 Å². The highest BCUT2D eigenvalue weighted by Crippen LogP contribution is 2.62. The van der Waals surface area contributed by atoms with Crippen LogP contribution in [0.15, 0.2) is 0 Å². The van der Waals surface area contributed by atoms with Crippen molar-refractivity contribution in [2.45, 2.75) is 155 Å². The monoisotopic (exact) mass is 578 g/mol.